The number of amides is 2. The second-order valence-corrected chi connectivity index (χ2v) is 6.68. The van der Waals surface area contributed by atoms with Gasteiger partial charge >= 0.3 is 0 Å². The zero-order valence-electron chi connectivity index (χ0n) is 16.0. The van der Waals surface area contributed by atoms with Crippen LogP contribution in [0.1, 0.15) is 21.5 Å². The van der Waals surface area contributed by atoms with Gasteiger partial charge in [0.1, 0.15) is 0 Å². The Labute approximate surface area is 164 Å². The normalized spacial score (nSPS) is 10.2. The van der Waals surface area contributed by atoms with Crippen molar-refractivity contribution in [3.63, 3.8) is 0 Å². The van der Waals surface area contributed by atoms with Crippen LogP contribution in [-0.4, -0.2) is 18.4 Å². The van der Waals surface area contributed by atoms with Gasteiger partial charge in [-0.3, -0.25) is 9.59 Å². The molecular formula is C23H23N3O2. The molecule has 28 heavy (non-hydrogen) atoms. The second-order valence-electron chi connectivity index (χ2n) is 6.68. The molecule has 0 heterocycles. The summed E-state index contributed by atoms with van der Waals surface area (Å²) in [6.45, 7) is 3.78. The monoisotopic (exact) mass is 373 g/mol. The van der Waals surface area contributed by atoms with Gasteiger partial charge in [0.25, 0.3) is 5.91 Å². The number of aryl methyl sites for hydroxylation is 2. The van der Waals surface area contributed by atoms with Crippen LogP contribution in [0.25, 0.3) is 0 Å². The van der Waals surface area contributed by atoms with E-state index in [9.17, 15) is 9.59 Å². The van der Waals surface area contributed by atoms with Crippen LogP contribution >= 0.6 is 0 Å². The third-order valence-electron chi connectivity index (χ3n) is 4.10. The van der Waals surface area contributed by atoms with Crippen molar-refractivity contribution in [1.82, 2.24) is 5.32 Å². The quantitative estimate of drug-likeness (QED) is 0.599. The zero-order valence-corrected chi connectivity index (χ0v) is 16.0. The van der Waals surface area contributed by atoms with Gasteiger partial charge in [-0.15, -0.1) is 0 Å². The molecule has 0 atom stereocenters. The number of rotatable bonds is 6. The van der Waals surface area contributed by atoms with E-state index in [0.29, 0.717) is 11.3 Å². The van der Waals surface area contributed by atoms with E-state index in [4.69, 9.17) is 0 Å². The highest BCUT2D eigenvalue weighted by Crippen LogP contribution is 2.19. The highest BCUT2D eigenvalue weighted by Gasteiger charge is 2.09. The number of nitrogens with one attached hydrogen (secondary N) is 3. The third kappa shape index (κ3) is 5.45. The van der Waals surface area contributed by atoms with Crippen molar-refractivity contribution in [3.05, 3.63) is 89.5 Å². The molecule has 5 heteroatoms. The summed E-state index contributed by atoms with van der Waals surface area (Å²) in [4.78, 5) is 24.5. The van der Waals surface area contributed by atoms with Crippen LogP contribution in [0.4, 0.5) is 17.1 Å². The van der Waals surface area contributed by atoms with Gasteiger partial charge in [-0.05, 0) is 56.3 Å². The minimum atomic E-state index is -0.283. The molecule has 0 aromatic heterocycles. The number of hydrogen-bond acceptors (Lipinski definition) is 3. The summed E-state index contributed by atoms with van der Waals surface area (Å²) in [5, 5.41) is 8.74. The average Bonchev–Trinajstić information content (AvgIpc) is 2.66. The summed E-state index contributed by atoms with van der Waals surface area (Å²) in [6, 6.07) is 22.8. The van der Waals surface area contributed by atoms with E-state index in [1.807, 2.05) is 68.4 Å². The number of anilines is 3. The number of para-hydroxylation sites is 1. The molecule has 0 spiro atoms. The van der Waals surface area contributed by atoms with E-state index in [0.717, 1.165) is 22.5 Å². The van der Waals surface area contributed by atoms with Gasteiger partial charge in [-0.25, -0.2) is 0 Å². The minimum absolute atomic E-state index is 0.0951. The lowest BCUT2D eigenvalue weighted by atomic mass is 10.1. The van der Waals surface area contributed by atoms with Crippen molar-refractivity contribution >= 4 is 28.9 Å². The summed E-state index contributed by atoms with van der Waals surface area (Å²) >= 11 is 0. The maximum absolute atomic E-state index is 12.3. The summed E-state index contributed by atoms with van der Waals surface area (Å²) in [6.07, 6.45) is 0. The summed E-state index contributed by atoms with van der Waals surface area (Å²) < 4.78 is 0. The molecule has 0 saturated heterocycles. The highest BCUT2D eigenvalue weighted by molar-refractivity contribution is 5.99. The predicted octanol–water partition coefficient (Wildman–Crippen LogP) is 4.42. The van der Waals surface area contributed by atoms with Crippen molar-refractivity contribution in [2.75, 3.05) is 17.2 Å². The van der Waals surface area contributed by atoms with E-state index < -0.39 is 0 Å². The molecule has 3 aromatic rings. The Hall–Kier alpha value is -3.60. The van der Waals surface area contributed by atoms with Crippen LogP contribution in [0.2, 0.25) is 0 Å². The molecule has 0 bridgehead atoms. The molecule has 0 aliphatic heterocycles. The molecule has 0 radical (unpaired) electrons. The van der Waals surface area contributed by atoms with E-state index >= 15 is 0 Å². The molecule has 0 saturated carbocycles. The highest BCUT2D eigenvalue weighted by atomic mass is 16.2. The van der Waals surface area contributed by atoms with Crippen LogP contribution in [0.3, 0.4) is 0 Å². The van der Waals surface area contributed by atoms with Crippen LogP contribution < -0.4 is 16.0 Å². The molecule has 2 amide bonds. The molecule has 3 N–H and O–H groups in total. The molecule has 3 aromatic carbocycles. The topological polar surface area (TPSA) is 70.2 Å². The fraction of sp³-hybridized carbons (Fsp3) is 0.130. The Morgan fingerprint density at radius 2 is 1.39 bits per heavy atom. The van der Waals surface area contributed by atoms with Crippen molar-refractivity contribution in [2.45, 2.75) is 13.8 Å². The number of benzene rings is 3. The number of hydrogen-bond donors (Lipinski definition) is 3. The van der Waals surface area contributed by atoms with Gasteiger partial charge in [-0.2, -0.15) is 0 Å². The SMILES string of the molecule is Cc1cc(C)cc(C(=O)NCC(=O)Nc2cccc(Nc3ccccc3)c2)c1. The molecule has 5 nitrogen and oxygen atoms in total. The zero-order chi connectivity index (χ0) is 19.9. The molecule has 142 valence electrons. The van der Waals surface area contributed by atoms with Gasteiger partial charge < -0.3 is 16.0 Å². The molecule has 0 aliphatic carbocycles. The Balaban J connectivity index is 1.56. The first-order valence-corrected chi connectivity index (χ1v) is 9.08. The van der Waals surface area contributed by atoms with E-state index in [2.05, 4.69) is 16.0 Å². The molecule has 3 rings (SSSR count). The van der Waals surface area contributed by atoms with E-state index in [-0.39, 0.29) is 18.4 Å². The predicted molar refractivity (Wildman–Crippen MR) is 113 cm³/mol. The first kappa shape index (κ1) is 19.2. The first-order chi connectivity index (χ1) is 13.5. The van der Waals surface area contributed by atoms with Crippen molar-refractivity contribution in [3.8, 4) is 0 Å². The fourth-order valence-electron chi connectivity index (χ4n) is 2.94. The van der Waals surface area contributed by atoms with E-state index in [1.165, 1.54) is 0 Å². The van der Waals surface area contributed by atoms with E-state index in [1.54, 1.807) is 18.2 Å². The van der Waals surface area contributed by atoms with Crippen molar-refractivity contribution in [1.29, 1.82) is 0 Å². The lowest BCUT2D eigenvalue weighted by molar-refractivity contribution is -0.115. The van der Waals surface area contributed by atoms with Gasteiger partial charge in [-0.1, -0.05) is 41.5 Å². The Bertz CT molecular complexity index is 964. The van der Waals surface area contributed by atoms with Gasteiger partial charge in [0, 0.05) is 22.6 Å². The maximum atomic E-state index is 12.3. The van der Waals surface area contributed by atoms with Crippen LogP contribution in [0.15, 0.2) is 72.8 Å². The van der Waals surface area contributed by atoms with Crippen LogP contribution in [0.5, 0.6) is 0 Å². The largest absolute Gasteiger partial charge is 0.355 e. The summed E-state index contributed by atoms with van der Waals surface area (Å²) in [7, 11) is 0. The van der Waals surface area contributed by atoms with Gasteiger partial charge in [0.2, 0.25) is 5.91 Å². The Kier molecular flexibility index (Phi) is 6.07. The summed E-state index contributed by atoms with van der Waals surface area (Å²) in [5.74, 6) is -0.545. The minimum Gasteiger partial charge on any atom is -0.355 e. The average molecular weight is 373 g/mol. The molecule has 0 unspecified atom stereocenters. The Morgan fingerprint density at radius 1 is 0.750 bits per heavy atom. The maximum Gasteiger partial charge on any atom is 0.251 e. The van der Waals surface area contributed by atoms with Crippen LogP contribution in [0, 0.1) is 13.8 Å². The molecule has 0 aliphatic rings. The smallest absolute Gasteiger partial charge is 0.251 e. The lowest BCUT2D eigenvalue weighted by Gasteiger charge is -2.10. The third-order valence-corrected chi connectivity index (χ3v) is 4.10. The Morgan fingerprint density at radius 3 is 2.11 bits per heavy atom. The lowest BCUT2D eigenvalue weighted by Crippen LogP contribution is -2.32. The fourth-order valence-corrected chi connectivity index (χ4v) is 2.94. The van der Waals surface area contributed by atoms with Gasteiger partial charge in [0.15, 0.2) is 0 Å². The number of carbonyl (C=O) groups is 2. The molecule has 0 fully saturated rings. The first-order valence-electron chi connectivity index (χ1n) is 9.08. The van der Waals surface area contributed by atoms with Gasteiger partial charge in [0.05, 0.1) is 6.54 Å². The summed E-state index contributed by atoms with van der Waals surface area (Å²) in [5.41, 5.74) is 5.07. The second kappa shape index (κ2) is 8.86. The number of carbonyl (C=O) groups excluding carboxylic acids is 2. The molecular weight excluding hydrogens is 350 g/mol. The van der Waals surface area contributed by atoms with Crippen molar-refractivity contribution in [2.24, 2.45) is 0 Å². The van der Waals surface area contributed by atoms with Crippen molar-refractivity contribution < 1.29 is 9.59 Å². The standard InChI is InChI=1S/C23H23N3O2/c1-16-11-17(2)13-18(12-16)23(28)24-15-22(27)26-21-10-6-9-20(14-21)25-19-7-4-3-5-8-19/h3-14,25H,15H2,1-2H3,(H,24,28)(H,26,27). The van der Waals surface area contributed by atoms with Crippen LogP contribution in [-0.2, 0) is 4.79 Å².